The van der Waals surface area contributed by atoms with Gasteiger partial charge in [0.15, 0.2) is 11.5 Å². The van der Waals surface area contributed by atoms with E-state index in [4.69, 9.17) is 14.0 Å². The molecule has 0 fully saturated rings. The van der Waals surface area contributed by atoms with Crippen molar-refractivity contribution in [3.05, 3.63) is 52.8 Å². The maximum absolute atomic E-state index is 12.4. The minimum absolute atomic E-state index is 0.172. The van der Waals surface area contributed by atoms with Crippen LogP contribution >= 0.6 is 15.9 Å². The molecule has 0 spiro atoms. The van der Waals surface area contributed by atoms with E-state index in [2.05, 4.69) is 36.5 Å². The van der Waals surface area contributed by atoms with Crippen LogP contribution < -0.4 is 14.8 Å². The molecule has 11 heteroatoms. The van der Waals surface area contributed by atoms with Crippen LogP contribution in [0.4, 0.5) is 5.69 Å². The molecule has 3 aromatic rings. The lowest BCUT2D eigenvalue weighted by atomic mass is 10.1. The molecular formula is C21H16BrN5O5. The number of nitrogens with zero attached hydrogens (tertiary/aromatic N) is 4. The first-order valence-electron chi connectivity index (χ1n) is 9.73. The number of halogens is 1. The highest BCUT2D eigenvalue weighted by molar-refractivity contribution is 9.10. The van der Waals surface area contributed by atoms with Crippen molar-refractivity contribution in [3.63, 3.8) is 0 Å². The molecule has 0 saturated heterocycles. The van der Waals surface area contributed by atoms with Crippen molar-refractivity contribution in [1.29, 1.82) is 0 Å². The van der Waals surface area contributed by atoms with E-state index in [0.29, 0.717) is 40.7 Å². The minimum atomic E-state index is -0.373. The van der Waals surface area contributed by atoms with Crippen LogP contribution in [0, 0.1) is 0 Å². The Morgan fingerprint density at radius 2 is 1.97 bits per heavy atom. The number of hydrazone groups is 1. The molecule has 1 N–H and O–H groups in total. The predicted octanol–water partition coefficient (Wildman–Crippen LogP) is 3.19. The number of carbonyl (C=O) groups is 2. The summed E-state index contributed by atoms with van der Waals surface area (Å²) < 4.78 is 16.8. The van der Waals surface area contributed by atoms with Gasteiger partial charge in [0, 0.05) is 22.9 Å². The van der Waals surface area contributed by atoms with Crippen molar-refractivity contribution >= 4 is 39.1 Å². The summed E-state index contributed by atoms with van der Waals surface area (Å²) in [6, 6.07) is 12.5. The number of nitrogens with one attached hydrogen (secondary N) is 1. The SMILES string of the molecule is O=C(CN1N=C(c2nc(-c3ccc4c(c3)OCO4)no2)CCC1=O)Nc1ccccc1Br. The molecule has 5 rings (SSSR count). The zero-order chi connectivity index (χ0) is 22.1. The smallest absolute Gasteiger partial charge is 0.274 e. The molecule has 1 aromatic heterocycles. The number of ether oxygens (including phenoxy) is 2. The number of hydrogen-bond donors (Lipinski definition) is 1. The molecule has 2 amide bonds. The Bertz CT molecular complexity index is 1240. The number of para-hydroxylation sites is 1. The lowest BCUT2D eigenvalue weighted by Gasteiger charge is -2.21. The van der Waals surface area contributed by atoms with Crippen molar-refractivity contribution < 1.29 is 23.6 Å². The van der Waals surface area contributed by atoms with Crippen LogP contribution in [0.3, 0.4) is 0 Å². The average molecular weight is 498 g/mol. The van der Waals surface area contributed by atoms with Crippen LogP contribution in [0.5, 0.6) is 11.5 Å². The van der Waals surface area contributed by atoms with E-state index in [9.17, 15) is 9.59 Å². The number of benzene rings is 2. The molecular weight excluding hydrogens is 482 g/mol. The number of amides is 2. The standard InChI is InChI=1S/C21H16BrN5O5/c22-13-3-1-2-4-14(13)23-18(28)10-27-19(29)8-6-15(25-27)21-24-20(26-32-21)12-5-7-16-17(9-12)31-11-30-16/h1-5,7,9H,6,8,10-11H2,(H,23,28). The Kier molecular flexibility index (Phi) is 5.31. The van der Waals surface area contributed by atoms with E-state index < -0.39 is 0 Å². The Labute approximate surface area is 190 Å². The molecule has 10 nitrogen and oxygen atoms in total. The fourth-order valence-electron chi connectivity index (χ4n) is 3.26. The van der Waals surface area contributed by atoms with Gasteiger partial charge in [-0.25, -0.2) is 5.01 Å². The second-order valence-corrected chi connectivity index (χ2v) is 7.87. The summed E-state index contributed by atoms with van der Waals surface area (Å²) in [6.45, 7) is -0.0570. The molecule has 2 aliphatic heterocycles. The number of carbonyl (C=O) groups excluding carboxylic acids is 2. The highest BCUT2D eigenvalue weighted by Crippen LogP contribution is 2.35. The zero-order valence-corrected chi connectivity index (χ0v) is 18.2. The molecule has 32 heavy (non-hydrogen) atoms. The van der Waals surface area contributed by atoms with E-state index in [0.717, 1.165) is 9.48 Å². The van der Waals surface area contributed by atoms with Gasteiger partial charge in [-0.1, -0.05) is 17.3 Å². The van der Waals surface area contributed by atoms with Crippen LogP contribution in [-0.2, 0) is 9.59 Å². The largest absolute Gasteiger partial charge is 0.454 e. The van der Waals surface area contributed by atoms with Crippen molar-refractivity contribution in [2.45, 2.75) is 12.8 Å². The first-order valence-corrected chi connectivity index (χ1v) is 10.5. The van der Waals surface area contributed by atoms with Crippen molar-refractivity contribution in [2.24, 2.45) is 5.10 Å². The van der Waals surface area contributed by atoms with Gasteiger partial charge in [0.25, 0.3) is 5.89 Å². The van der Waals surface area contributed by atoms with E-state index in [-0.39, 0.29) is 37.5 Å². The molecule has 162 valence electrons. The van der Waals surface area contributed by atoms with E-state index >= 15 is 0 Å². The zero-order valence-electron chi connectivity index (χ0n) is 16.6. The summed E-state index contributed by atoms with van der Waals surface area (Å²) in [5, 5.41) is 12.2. The van der Waals surface area contributed by atoms with Gasteiger partial charge in [0.05, 0.1) is 5.69 Å². The number of hydrogen-bond acceptors (Lipinski definition) is 8. The summed E-state index contributed by atoms with van der Waals surface area (Å²) in [6.07, 6.45) is 0.521. The Hall–Kier alpha value is -3.73. The highest BCUT2D eigenvalue weighted by atomic mass is 79.9. The minimum Gasteiger partial charge on any atom is -0.454 e. The van der Waals surface area contributed by atoms with Gasteiger partial charge in [0.2, 0.25) is 24.4 Å². The van der Waals surface area contributed by atoms with Gasteiger partial charge < -0.3 is 19.3 Å². The van der Waals surface area contributed by atoms with Gasteiger partial charge in [-0.2, -0.15) is 10.1 Å². The third-order valence-corrected chi connectivity index (χ3v) is 5.54. The maximum Gasteiger partial charge on any atom is 0.274 e. The normalized spacial score (nSPS) is 15.0. The molecule has 0 radical (unpaired) electrons. The average Bonchev–Trinajstić information content (AvgIpc) is 3.46. The number of rotatable bonds is 5. The lowest BCUT2D eigenvalue weighted by Crippen LogP contribution is -2.38. The molecule has 0 bridgehead atoms. The third-order valence-electron chi connectivity index (χ3n) is 4.85. The fraction of sp³-hybridized carbons (Fsp3) is 0.190. The quantitative estimate of drug-likeness (QED) is 0.574. The summed E-state index contributed by atoms with van der Waals surface area (Å²) in [7, 11) is 0. The topological polar surface area (TPSA) is 119 Å². The van der Waals surface area contributed by atoms with Gasteiger partial charge in [0.1, 0.15) is 12.3 Å². The van der Waals surface area contributed by atoms with Gasteiger partial charge in [-0.15, -0.1) is 0 Å². The second-order valence-electron chi connectivity index (χ2n) is 7.02. The van der Waals surface area contributed by atoms with Gasteiger partial charge in [-0.3, -0.25) is 9.59 Å². The molecule has 2 aliphatic rings. The fourth-order valence-corrected chi connectivity index (χ4v) is 3.64. The molecule has 0 aliphatic carbocycles. The van der Waals surface area contributed by atoms with Crippen molar-refractivity contribution in [3.8, 4) is 22.9 Å². The maximum atomic E-state index is 12.4. The number of fused-ring (bicyclic) bond motifs is 1. The highest BCUT2D eigenvalue weighted by Gasteiger charge is 2.27. The molecule has 0 atom stereocenters. The van der Waals surface area contributed by atoms with Crippen LogP contribution in [0.15, 0.2) is 56.6 Å². The van der Waals surface area contributed by atoms with E-state index in [1.54, 1.807) is 30.3 Å². The summed E-state index contributed by atoms with van der Waals surface area (Å²) in [4.78, 5) is 29.1. The summed E-state index contributed by atoms with van der Waals surface area (Å²) >= 11 is 3.37. The number of anilines is 1. The van der Waals surface area contributed by atoms with E-state index in [1.165, 1.54) is 0 Å². The molecule has 2 aromatic carbocycles. The van der Waals surface area contributed by atoms with Crippen LogP contribution in [0.25, 0.3) is 11.4 Å². The second kappa shape index (κ2) is 8.42. The summed E-state index contributed by atoms with van der Waals surface area (Å²) in [5.41, 5.74) is 1.75. The predicted molar refractivity (Wildman–Crippen MR) is 116 cm³/mol. The Morgan fingerprint density at radius 3 is 2.84 bits per heavy atom. The molecule has 0 saturated carbocycles. The Morgan fingerprint density at radius 1 is 1.12 bits per heavy atom. The van der Waals surface area contributed by atoms with Crippen molar-refractivity contribution in [2.75, 3.05) is 18.7 Å². The first-order chi connectivity index (χ1) is 15.6. The third kappa shape index (κ3) is 4.06. The number of aromatic nitrogens is 2. The lowest BCUT2D eigenvalue weighted by molar-refractivity contribution is -0.135. The monoisotopic (exact) mass is 497 g/mol. The van der Waals surface area contributed by atoms with Gasteiger partial charge >= 0.3 is 0 Å². The van der Waals surface area contributed by atoms with Crippen LogP contribution in [0.2, 0.25) is 0 Å². The molecule has 0 unspecified atom stereocenters. The molecule has 3 heterocycles. The summed E-state index contributed by atoms with van der Waals surface area (Å²) in [5.74, 6) is 1.19. The van der Waals surface area contributed by atoms with Crippen molar-refractivity contribution in [1.82, 2.24) is 15.1 Å². The van der Waals surface area contributed by atoms with Crippen LogP contribution in [0.1, 0.15) is 18.7 Å². The van der Waals surface area contributed by atoms with E-state index in [1.807, 2.05) is 12.1 Å². The van der Waals surface area contributed by atoms with Gasteiger partial charge in [-0.05, 0) is 46.3 Å². The Balaban J connectivity index is 1.32. The first kappa shape index (κ1) is 20.2. The van der Waals surface area contributed by atoms with Crippen LogP contribution in [-0.4, -0.2) is 46.0 Å².